The highest BCUT2D eigenvalue weighted by Crippen LogP contribution is 2.16. The summed E-state index contributed by atoms with van der Waals surface area (Å²) in [5.74, 6) is -0.434. The van der Waals surface area contributed by atoms with Crippen molar-refractivity contribution in [1.82, 2.24) is 5.32 Å². The van der Waals surface area contributed by atoms with E-state index in [4.69, 9.17) is 4.74 Å². The van der Waals surface area contributed by atoms with Crippen molar-refractivity contribution in [2.45, 2.75) is 26.8 Å². The number of carbonyl (C=O) groups is 3. The summed E-state index contributed by atoms with van der Waals surface area (Å²) in [5.41, 5.74) is 1.96. The van der Waals surface area contributed by atoms with Crippen LogP contribution in [0.5, 0.6) is 5.75 Å². The third kappa shape index (κ3) is 5.76. The minimum atomic E-state index is -0.441. The standard InChI is InChI=1S/C19H20N2O4/c1-3-18(23)20-12-14-7-9-16(10-8-14)21-19(24)15-5-4-6-17(11-15)25-13(2)22/h4-11H,3,12H2,1-2H3,(H,20,23)(H,21,24). The number of amides is 2. The number of esters is 1. The van der Waals surface area contributed by atoms with Crippen LogP contribution >= 0.6 is 0 Å². The number of benzene rings is 2. The number of hydrogen-bond donors (Lipinski definition) is 2. The Kier molecular flexibility index (Phi) is 6.28. The molecule has 2 aromatic carbocycles. The van der Waals surface area contributed by atoms with Gasteiger partial charge in [0.05, 0.1) is 0 Å². The molecule has 130 valence electrons. The van der Waals surface area contributed by atoms with Crippen molar-refractivity contribution in [2.24, 2.45) is 0 Å². The van der Waals surface area contributed by atoms with Gasteiger partial charge in [-0.05, 0) is 35.9 Å². The molecule has 0 heterocycles. The molecule has 0 aliphatic carbocycles. The molecular formula is C19H20N2O4. The molecule has 0 spiro atoms. The Labute approximate surface area is 146 Å². The second-order valence-corrected chi connectivity index (χ2v) is 5.40. The van der Waals surface area contributed by atoms with Gasteiger partial charge >= 0.3 is 5.97 Å². The Bertz CT molecular complexity index is 769. The lowest BCUT2D eigenvalue weighted by Gasteiger charge is -2.08. The van der Waals surface area contributed by atoms with Gasteiger partial charge in [-0.3, -0.25) is 14.4 Å². The Morgan fingerprint density at radius 3 is 2.40 bits per heavy atom. The highest BCUT2D eigenvalue weighted by Gasteiger charge is 2.08. The first kappa shape index (κ1) is 18.2. The summed E-state index contributed by atoms with van der Waals surface area (Å²) in [6.45, 7) is 3.55. The predicted octanol–water partition coefficient (Wildman–Crippen LogP) is 2.89. The molecule has 0 saturated heterocycles. The van der Waals surface area contributed by atoms with Gasteiger partial charge in [0.15, 0.2) is 0 Å². The maximum Gasteiger partial charge on any atom is 0.308 e. The Morgan fingerprint density at radius 1 is 1.04 bits per heavy atom. The van der Waals surface area contributed by atoms with Crippen LogP contribution < -0.4 is 15.4 Å². The van der Waals surface area contributed by atoms with E-state index in [1.54, 1.807) is 37.3 Å². The van der Waals surface area contributed by atoms with Crippen LogP contribution in [0.3, 0.4) is 0 Å². The first-order chi connectivity index (χ1) is 12.0. The Hall–Kier alpha value is -3.15. The molecule has 0 atom stereocenters. The van der Waals surface area contributed by atoms with Gasteiger partial charge < -0.3 is 15.4 Å². The van der Waals surface area contributed by atoms with Gasteiger partial charge in [-0.1, -0.05) is 25.1 Å². The van der Waals surface area contributed by atoms with Crippen LogP contribution in [0.15, 0.2) is 48.5 Å². The van der Waals surface area contributed by atoms with Gasteiger partial charge in [0.25, 0.3) is 5.91 Å². The lowest BCUT2D eigenvalue weighted by Crippen LogP contribution is -2.21. The molecule has 0 unspecified atom stereocenters. The molecular weight excluding hydrogens is 320 g/mol. The van der Waals surface area contributed by atoms with Crippen LogP contribution in [0.1, 0.15) is 36.2 Å². The second-order valence-electron chi connectivity index (χ2n) is 5.40. The molecule has 0 fully saturated rings. The summed E-state index contributed by atoms with van der Waals surface area (Å²) < 4.78 is 4.97. The van der Waals surface area contributed by atoms with Crippen LogP contribution in [0.25, 0.3) is 0 Å². The number of rotatable bonds is 6. The van der Waals surface area contributed by atoms with E-state index in [1.807, 2.05) is 12.1 Å². The average Bonchev–Trinajstić information content (AvgIpc) is 2.60. The number of hydrogen-bond acceptors (Lipinski definition) is 4. The van der Waals surface area contributed by atoms with E-state index in [9.17, 15) is 14.4 Å². The van der Waals surface area contributed by atoms with E-state index in [-0.39, 0.29) is 11.8 Å². The maximum atomic E-state index is 12.3. The van der Waals surface area contributed by atoms with Gasteiger partial charge in [-0.25, -0.2) is 0 Å². The molecule has 0 radical (unpaired) electrons. The van der Waals surface area contributed by atoms with E-state index in [0.29, 0.717) is 30.0 Å². The summed E-state index contributed by atoms with van der Waals surface area (Å²) in [6.07, 6.45) is 0.445. The third-order valence-electron chi connectivity index (χ3n) is 3.38. The van der Waals surface area contributed by atoms with Gasteiger partial charge in [0, 0.05) is 31.1 Å². The fourth-order valence-corrected chi connectivity index (χ4v) is 2.10. The molecule has 0 aliphatic rings. The molecule has 0 aliphatic heterocycles. The molecule has 0 bridgehead atoms. The Balaban J connectivity index is 1.98. The molecule has 2 aromatic rings. The van der Waals surface area contributed by atoms with Crippen LogP contribution in [0.2, 0.25) is 0 Å². The topological polar surface area (TPSA) is 84.5 Å². The van der Waals surface area contributed by atoms with Crippen molar-refractivity contribution in [3.05, 3.63) is 59.7 Å². The van der Waals surface area contributed by atoms with Crippen LogP contribution in [-0.4, -0.2) is 17.8 Å². The molecule has 0 saturated carbocycles. The van der Waals surface area contributed by atoms with Gasteiger partial charge in [-0.2, -0.15) is 0 Å². The SMILES string of the molecule is CCC(=O)NCc1ccc(NC(=O)c2cccc(OC(C)=O)c2)cc1. The quantitative estimate of drug-likeness (QED) is 0.625. The number of anilines is 1. The monoisotopic (exact) mass is 340 g/mol. The number of nitrogens with one attached hydrogen (secondary N) is 2. The molecule has 6 nitrogen and oxygen atoms in total. The van der Waals surface area contributed by atoms with Crippen molar-refractivity contribution >= 4 is 23.5 Å². The van der Waals surface area contributed by atoms with Crippen molar-refractivity contribution in [3.8, 4) is 5.75 Å². The summed E-state index contributed by atoms with van der Waals surface area (Å²) in [7, 11) is 0. The zero-order valence-corrected chi connectivity index (χ0v) is 14.2. The molecule has 6 heteroatoms. The lowest BCUT2D eigenvalue weighted by molar-refractivity contribution is -0.131. The van der Waals surface area contributed by atoms with E-state index in [2.05, 4.69) is 10.6 Å². The summed E-state index contributed by atoms with van der Waals surface area (Å²) in [6, 6.07) is 13.6. The zero-order valence-electron chi connectivity index (χ0n) is 14.2. The average molecular weight is 340 g/mol. The third-order valence-corrected chi connectivity index (χ3v) is 3.38. The van der Waals surface area contributed by atoms with Gasteiger partial charge in [0.2, 0.25) is 5.91 Å². The summed E-state index contributed by atoms with van der Waals surface area (Å²) in [4.78, 5) is 34.5. The summed E-state index contributed by atoms with van der Waals surface area (Å²) in [5, 5.41) is 5.56. The minimum absolute atomic E-state index is 0.00922. The maximum absolute atomic E-state index is 12.3. The molecule has 2 rings (SSSR count). The smallest absolute Gasteiger partial charge is 0.308 e. The van der Waals surface area contributed by atoms with Crippen LogP contribution in [0, 0.1) is 0 Å². The largest absolute Gasteiger partial charge is 0.427 e. The minimum Gasteiger partial charge on any atom is -0.427 e. The number of carbonyl (C=O) groups excluding carboxylic acids is 3. The fourth-order valence-electron chi connectivity index (χ4n) is 2.10. The van der Waals surface area contributed by atoms with Crippen LogP contribution in [-0.2, 0) is 16.1 Å². The molecule has 25 heavy (non-hydrogen) atoms. The second kappa shape index (κ2) is 8.63. The first-order valence-corrected chi connectivity index (χ1v) is 7.93. The van der Waals surface area contributed by atoms with Crippen molar-refractivity contribution < 1.29 is 19.1 Å². The van der Waals surface area contributed by atoms with Crippen LogP contribution in [0.4, 0.5) is 5.69 Å². The van der Waals surface area contributed by atoms with Crippen molar-refractivity contribution in [1.29, 1.82) is 0 Å². The van der Waals surface area contributed by atoms with E-state index in [1.165, 1.54) is 13.0 Å². The Morgan fingerprint density at radius 2 is 1.76 bits per heavy atom. The molecule has 2 amide bonds. The van der Waals surface area contributed by atoms with Gasteiger partial charge in [-0.15, -0.1) is 0 Å². The van der Waals surface area contributed by atoms with Crippen molar-refractivity contribution in [3.63, 3.8) is 0 Å². The van der Waals surface area contributed by atoms with E-state index < -0.39 is 5.97 Å². The highest BCUT2D eigenvalue weighted by atomic mass is 16.5. The fraction of sp³-hybridized carbons (Fsp3) is 0.211. The van der Waals surface area contributed by atoms with E-state index >= 15 is 0 Å². The van der Waals surface area contributed by atoms with E-state index in [0.717, 1.165) is 5.56 Å². The molecule has 2 N–H and O–H groups in total. The first-order valence-electron chi connectivity index (χ1n) is 7.93. The summed E-state index contributed by atoms with van der Waals surface area (Å²) >= 11 is 0. The predicted molar refractivity (Wildman–Crippen MR) is 94.3 cm³/mol. The number of ether oxygens (including phenoxy) is 1. The zero-order chi connectivity index (χ0) is 18.2. The molecule has 0 aromatic heterocycles. The van der Waals surface area contributed by atoms with Gasteiger partial charge in [0.1, 0.15) is 5.75 Å². The van der Waals surface area contributed by atoms with Crippen molar-refractivity contribution in [2.75, 3.05) is 5.32 Å². The highest BCUT2D eigenvalue weighted by molar-refractivity contribution is 6.04. The normalized spacial score (nSPS) is 10.0. The lowest BCUT2D eigenvalue weighted by atomic mass is 10.1.